The van der Waals surface area contributed by atoms with Gasteiger partial charge in [-0.05, 0) is 37.0 Å². The van der Waals surface area contributed by atoms with E-state index < -0.39 is 0 Å². The third-order valence-corrected chi connectivity index (χ3v) is 3.96. The zero-order valence-corrected chi connectivity index (χ0v) is 11.0. The van der Waals surface area contributed by atoms with Crippen LogP contribution >= 0.6 is 0 Å². The van der Waals surface area contributed by atoms with Gasteiger partial charge in [-0.25, -0.2) is 0 Å². The highest BCUT2D eigenvalue weighted by molar-refractivity contribution is 5.95. The molecule has 102 valence electrons. The van der Waals surface area contributed by atoms with Gasteiger partial charge in [-0.3, -0.25) is 4.79 Å². The SMILES string of the molecule is COC1CC(Nc2cc3c(cc2N)CCC(=O)N3)C1. The molecule has 5 heteroatoms. The van der Waals surface area contributed by atoms with Crippen molar-refractivity contribution >= 4 is 23.0 Å². The van der Waals surface area contributed by atoms with E-state index in [1.54, 1.807) is 7.11 Å². The normalized spacial score (nSPS) is 25.2. The van der Waals surface area contributed by atoms with E-state index in [-0.39, 0.29) is 5.91 Å². The Morgan fingerprint density at radius 2 is 2.16 bits per heavy atom. The number of fused-ring (bicyclic) bond motifs is 1. The van der Waals surface area contributed by atoms with Gasteiger partial charge in [0.05, 0.1) is 17.5 Å². The molecule has 5 nitrogen and oxygen atoms in total. The Hall–Kier alpha value is -1.75. The molecule has 0 bridgehead atoms. The summed E-state index contributed by atoms with van der Waals surface area (Å²) >= 11 is 0. The van der Waals surface area contributed by atoms with Crippen LogP contribution in [0.4, 0.5) is 17.1 Å². The zero-order chi connectivity index (χ0) is 13.4. The number of methoxy groups -OCH3 is 1. The maximum Gasteiger partial charge on any atom is 0.224 e. The van der Waals surface area contributed by atoms with E-state index in [0.29, 0.717) is 18.6 Å². The molecule has 1 aromatic rings. The second-order valence-electron chi connectivity index (χ2n) is 5.32. The number of nitrogens with two attached hydrogens (primary N) is 1. The molecule has 0 saturated heterocycles. The van der Waals surface area contributed by atoms with Crippen LogP contribution in [0.3, 0.4) is 0 Å². The molecule has 0 unspecified atom stereocenters. The fraction of sp³-hybridized carbons (Fsp3) is 0.500. The fourth-order valence-electron chi connectivity index (χ4n) is 2.67. The highest BCUT2D eigenvalue weighted by atomic mass is 16.5. The molecule has 1 aliphatic carbocycles. The second kappa shape index (κ2) is 4.74. The van der Waals surface area contributed by atoms with Crippen molar-refractivity contribution in [3.05, 3.63) is 17.7 Å². The van der Waals surface area contributed by atoms with E-state index in [2.05, 4.69) is 10.6 Å². The molecule has 19 heavy (non-hydrogen) atoms. The largest absolute Gasteiger partial charge is 0.397 e. The Bertz CT molecular complexity index is 510. The van der Waals surface area contributed by atoms with Gasteiger partial charge in [-0.1, -0.05) is 0 Å². The van der Waals surface area contributed by atoms with Gasteiger partial charge in [0.1, 0.15) is 0 Å². The molecule has 2 aliphatic rings. The van der Waals surface area contributed by atoms with Crippen LogP contribution in [0, 0.1) is 0 Å². The second-order valence-corrected chi connectivity index (χ2v) is 5.32. The van der Waals surface area contributed by atoms with E-state index in [1.807, 2.05) is 12.1 Å². The summed E-state index contributed by atoms with van der Waals surface area (Å²) in [4.78, 5) is 11.4. The topological polar surface area (TPSA) is 76.4 Å². The third-order valence-electron chi connectivity index (χ3n) is 3.96. The summed E-state index contributed by atoms with van der Waals surface area (Å²) in [5.41, 5.74) is 9.72. The van der Waals surface area contributed by atoms with Crippen molar-refractivity contribution in [2.75, 3.05) is 23.5 Å². The van der Waals surface area contributed by atoms with Crippen LogP contribution in [0.15, 0.2) is 12.1 Å². The predicted octanol–water partition coefficient (Wildman–Crippen LogP) is 1.74. The first-order valence-electron chi connectivity index (χ1n) is 6.67. The predicted molar refractivity (Wildman–Crippen MR) is 75.2 cm³/mol. The maximum atomic E-state index is 11.4. The van der Waals surface area contributed by atoms with Gasteiger partial charge < -0.3 is 21.1 Å². The third kappa shape index (κ3) is 2.38. The molecule has 1 amide bonds. The number of hydrogen-bond acceptors (Lipinski definition) is 4. The van der Waals surface area contributed by atoms with Crippen molar-refractivity contribution < 1.29 is 9.53 Å². The van der Waals surface area contributed by atoms with E-state index in [0.717, 1.165) is 41.9 Å². The summed E-state index contributed by atoms with van der Waals surface area (Å²) in [6, 6.07) is 4.32. The van der Waals surface area contributed by atoms with Crippen molar-refractivity contribution in [2.24, 2.45) is 0 Å². The highest BCUT2D eigenvalue weighted by Gasteiger charge is 2.29. The number of carbonyl (C=O) groups excluding carboxylic acids is 1. The smallest absolute Gasteiger partial charge is 0.224 e. The molecule has 0 spiro atoms. The first-order valence-corrected chi connectivity index (χ1v) is 6.67. The Labute approximate surface area is 112 Å². The maximum absolute atomic E-state index is 11.4. The molecule has 1 aliphatic heterocycles. The minimum absolute atomic E-state index is 0.0753. The molecule has 4 N–H and O–H groups in total. The van der Waals surface area contributed by atoms with Crippen LogP contribution < -0.4 is 16.4 Å². The summed E-state index contributed by atoms with van der Waals surface area (Å²) in [6.07, 6.45) is 3.66. The number of anilines is 3. The lowest BCUT2D eigenvalue weighted by molar-refractivity contribution is -0.116. The van der Waals surface area contributed by atoms with Crippen molar-refractivity contribution in [2.45, 2.75) is 37.8 Å². The van der Waals surface area contributed by atoms with Crippen LogP contribution in [-0.2, 0) is 16.0 Å². The van der Waals surface area contributed by atoms with Gasteiger partial charge in [-0.2, -0.15) is 0 Å². The van der Waals surface area contributed by atoms with Gasteiger partial charge in [-0.15, -0.1) is 0 Å². The summed E-state index contributed by atoms with van der Waals surface area (Å²) in [7, 11) is 1.74. The molecule has 3 rings (SSSR count). The van der Waals surface area contributed by atoms with Crippen LogP contribution in [0.1, 0.15) is 24.8 Å². The number of ether oxygens (including phenoxy) is 1. The van der Waals surface area contributed by atoms with Crippen LogP contribution in [0.5, 0.6) is 0 Å². The lowest BCUT2D eigenvalue weighted by Gasteiger charge is -2.35. The van der Waals surface area contributed by atoms with Crippen LogP contribution in [0.2, 0.25) is 0 Å². The van der Waals surface area contributed by atoms with E-state index in [1.165, 1.54) is 0 Å². The molecule has 0 atom stereocenters. The van der Waals surface area contributed by atoms with Gasteiger partial charge in [0.25, 0.3) is 0 Å². The Balaban J connectivity index is 1.75. The van der Waals surface area contributed by atoms with Gasteiger partial charge in [0.2, 0.25) is 5.91 Å². The van der Waals surface area contributed by atoms with E-state index in [9.17, 15) is 4.79 Å². The molecule has 1 saturated carbocycles. The Kier molecular flexibility index (Phi) is 3.06. The van der Waals surface area contributed by atoms with E-state index in [4.69, 9.17) is 10.5 Å². The number of aryl methyl sites for hydroxylation is 1. The standard InChI is InChI=1S/C14H19N3O2/c1-19-10-5-9(6-10)16-13-7-12-8(4-11(13)15)2-3-14(18)17-12/h4,7,9-10,16H,2-3,5-6,15H2,1H3,(H,17,18). The first kappa shape index (κ1) is 12.3. The van der Waals surface area contributed by atoms with Crippen LogP contribution in [0.25, 0.3) is 0 Å². The first-order chi connectivity index (χ1) is 9.15. The average molecular weight is 261 g/mol. The summed E-state index contributed by atoms with van der Waals surface area (Å²) in [6.45, 7) is 0. The lowest BCUT2D eigenvalue weighted by atomic mass is 9.89. The summed E-state index contributed by atoms with van der Waals surface area (Å²) in [5.74, 6) is 0.0753. The van der Waals surface area contributed by atoms with Gasteiger partial charge in [0.15, 0.2) is 0 Å². The molecule has 1 aromatic carbocycles. The lowest BCUT2D eigenvalue weighted by Crippen LogP contribution is -2.40. The Morgan fingerprint density at radius 3 is 2.89 bits per heavy atom. The monoisotopic (exact) mass is 261 g/mol. The molecule has 1 heterocycles. The van der Waals surface area contributed by atoms with Crippen LogP contribution in [-0.4, -0.2) is 25.2 Å². The van der Waals surface area contributed by atoms with E-state index >= 15 is 0 Å². The fourth-order valence-corrected chi connectivity index (χ4v) is 2.67. The number of nitrogens with one attached hydrogen (secondary N) is 2. The molecular formula is C14H19N3O2. The molecular weight excluding hydrogens is 242 g/mol. The molecule has 1 fully saturated rings. The number of carbonyl (C=O) groups is 1. The number of hydrogen-bond donors (Lipinski definition) is 3. The summed E-state index contributed by atoms with van der Waals surface area (Å²) in [5, 5.41) is 6.32. The number of nitrogen functional groups attached to an aromatic ring is 1. The highest BCUT2D eigenvalue weighted by Crippen LogP contribution is 2.34. The number of benzene rings is 1. The number of amides is 1. The molecule has 0 radical (unpaired) electrons. The van der Waals surface area contributed by atoms with Crippen molar-refractivity contribution in [3.63, 3.8) is 0 Å². The molecule has 0 aromatic heterocycles. The minimum Gasteiger partial charge on any atom is -0.397 e. The average Bonchev–Trinajstić information content (AvgIpc) is 2.34. The minimum atomic E-state index is 0.0753. The summed E-state index contributed by atoms with van der Waals surface area (Å²) < 4.78 is 5.26. The van der Waals surface area contributed by atoms with Crippen molar-refractivity contribution in [3.8, 4) is 0 Å². The quantitative estimate of drug-likeness (QED) is 0.724. The number of rotatable bonds is 3. The van der Waals surface area contributed by atoms with Crippen molar-refractivity contribution in [1.82, 2.24) is 0 Å². The van der Waals surface area contributed by atoms with Gasteiger partial charge >= 0.3 is 0 Å². The zero-order valence-electron chi connectivity index (χ0n) is 11.0. The van der Waals surface area contributed by atoms with Crippen molar-refractivity contribution in [1.29, 1.82) is 0 Å². The van der Waals surface area contributed by atoms with Gasteiger partial charge in [0, 0.05) is 25.3 Å². The Morgan fingerprint density at radius 1 is 1.37 bits per heavy atom.